The molecule has 0 fully saturated rings. The number of hydrazone groups is 1. The summed E-state index contributed by atoms with van der Waals surface area (Å²) in [6.45, 7) is 0. The topological polar surface area (TPSA) is 114 Å². The second kappa shape index (κ2) is 12.8. The number of benzene rings is 4. The Morgan fingerprint density at radius 1 is 0.692 bits per heavy atom. The Balaban J connectivity index is 1.57. The Labute approximate surface area is 248 Å². The molecule has 0 aliphatic heterocycles. The maximum absolute atomic E-state index is 12.8. The monoisotopic (exact) mass is 714 g/mol. The van der Waals surface area contributed by atoms with Gasteiger partial charge in [-0.2, -0.15) is 5.10 Å². The average Bonchev–Trinajstić information content (AvgIpc) is 2.92. The zero-order valence-corrected chi connectivity index (χ0v) is 24.5. The molecule has 0 aliphatic carbocycles. The summed E-state index contributed by atoms with van der Waals surface area (Å²) < 4.78 is 13.3. The molecule has 4 aromatic rings. The van der Waals surface area contributed by atoms with Crippen LogP contribution in [0.4, 0.5) is 0 Å². The molecule has 1 amide bonds. The fourth-order valence-electron chi connectivity index (χ4n) is 3.17. The zero-order valence-electron chi connectivity index (χ0n) is 19.7. The number of nitrogens with one attached hydrogen (secondary N) is 1. The lowest BCUT2D eigenvalue weighted by atomic mass is 10.2. The molecule has 11 heteroatoms. The van der Waals surface area contributed by atoms with E-state index in [4.69, 9.17) is 9.47 Å². The number of ether oxygens (including phenoxy) is 2. The SMILES string of the molecule is O=C(Oc1ccc(/C=N\NC(=O)c2cc(Br)ccc2O)cc1OC(=O)c1ccc(Br)cc1)c1ccc(Br)cc1. The number of carbonyl (C=O) groups excluding carboxylic acids is 3. The van der Waals surface area contributed by atoms with Crippen molar-refractivity contribution in [1.82, 2.24) is 5.43 Å². The highest BCUT2D eigenvalue weighted by molar-refractivity contribution is 9.11. The van der Waals surface area contributed by atoms with Crippen molar-refractivity contribution in [2.24, 2.45) is 5.10 Å². The zero-order chi connectivity index (χ0) is 27.9. The Kier molecular flexibility index (Phi) is 9.28. The molecule has 0 saturated carbocycles. The summed E-state index contributed by atoms with van der Waals surface area (Å²) in [4.78, 5) is 37.9. The van der Waals surface area contributed by atoms with E-state index in [1.807, 2.05) is 0 Å². The third-order valence-electron chi connectivity index (χ3n) is 5.12. The second-order valence-corrected chi connectivity index (χ2v) is 10.6. The van der Waals surface area contributed by atoms with Crippen molar-refractivity contribution in [1.29, 1.82) is 0 Å². The first-order valence-electron chi connectivity index (χ1n) is 11.1. The third-order valence-corrected chi connectivity index (χ3v) is 6.67. The van der Waals surface area contributed by atoms with E-state index >= 15 is 0 Å². The standard InChI is InChI=1S/C28H17Br3N2O6/c29-19-6-2-17(3-7-19)27(36)38-24-12-1-16(13-25(24)39-28(37)18-4-8-20(30)9-5-18)15-32-33-26(35)22-14-21(31)10-11-23(22)34/h1-15,34H,(H,33,35)/b32-15-. The molecule has 39 heavy (non-hydrogen) atoms. The molecule has 0 aliphatic rings. The minimum absolute atomic E-state index is 0.00799. The summed E-state index contributed by atoms with van der Waals surface area (Å²) in [7, 11) is 0. The van der Waals surface area contributed by atoms with Gasteiger partial charge < -0.3 is 14.6 Å². The van der Waals surface area contributed by atoms with Crippen LogP contribution in [0, 0.1) is 0 Å². The van der Waals surface area contributed by atoms with Gasteiger partial charge in [-0.1, -0.05) is 47.8 Å². The summed E-state index contributed by atoms with van der Waals surface area (Å²) in [6, 6.07) is 22.0. The molecule has 4 aromatic carbocycles. The van der Waals surface area contributed by atoms with Crippen molar-refractivity contribution in [3.05, 3.63) is 121 Å². The predicted octanol–water partition coefficient (Wildman–Crippen LogP) is 6.88. The third kappa shape index (κ3) is 7.62. The first-order valence-corrected chi connectivity index (χ1v) is 13.5. The summed E-state index contributed by atoms with van der Waals surface area (Å²) in [5.41, 5.74) is 3.36. The van der Waals surface area contributed by atoms with E-state index in [2.05, 4.69) is 58.3 Å². The van der Waals surface area contributed by atoms with E-state index in [0.29, 0.717) is 15.6 Å². The van der Waals surface area contributed by atoms with E-state index in [9.17, 15) is 19.5 Å². The van der Waals surface area contributed by atoms with Gasteiger partial charge in [0.1, 0.15) is 5.75 Å². The Morgan fingerprint density at radius 2 is 1.23 bits per heavy atom. The van der Waals surface area contributed by atoms with Crippen LogP contribution in [0.5, 0.6) is 17.2 Å². The summed E-state index contributed by atoms with van der Waals surface area (Å²) >= 11 is 9.89. The van der Waals surface area contributed by atoms with Gasteiger partial charge in [0.25, 0.3) is 5.91 Å². The molecule has 2 N–H and O–H groups in total. The highest BCUT2D eigenvalue weighted by Crippen LogP contribution is 2.30. The van der Waals surface area contributed by atoms with Gasteiger partial charge in [0.2, 0.25) is 0 Å². The van der Waals surface area contributed by atoms with Crippen LogP contribution < -0.4 is 14.9 Å². The Morgan fingerprint density at radius 3 is 1.82 bits per heavy atom. The molecule has 0 saturated heterocycles. The lowest BCUT2D eigenvalue weighted by molar-refractivity contribution is 0.0682. The number of aromatic hydroxyl groups is 1. The Hall–Kier alpha value is -3.80. The van der Waals surface area contributed by atoms with Crippen LogP contribution >= 0.6 is 47.8 Å². The predicted molar refractivity (Wildman–Crippen MR) is 156 cm³/mol. The van der Waals surface area contributed by atoms with Crippen molar-refractivity contribution in [3.63, 3.8) is 0 Å². The lowest BCUT2D eigenvalue weighted by Gasteiger charge is -2.12. The molecule has 0 aromatic heterocycles. The van der Waals surface area contributed by atoms with Crippen LogP contribution in [-0.2, 0) is 0 Å². The van der Waals surface area contributed by atoms with Crippen LogP contribution in [0.15, 0.2) is 103 Å². The molecule has 8 nitrogen and oxygen atoms in total. The maximum atomic E-state index is 12.8. The fourth-order valence-corrected chi connectivity index (χ4v) is 4.06. The van der Waals surface area contributed by atoms with Gasteiger partial charge >= 0.3 is 11.9 Å². The average molecular weight is 717 g/mol. The normalized spacial score (nSPS) is 10.7. The molecule has 4 rings (SSSR count). The van der Waals surface area contributed by atoms with E-state index < -0.39 is 17.8 Å². The molecule has 0 unspecified atom stereocenters. The number of hydrogen-bond acceptors (Lipinski definition) is 7. The van der Waals surface area contributed by atoms with E-state index in [-0.39, 0.29) is 28.4 Å². The first-order chi connectivity index (χ1) is 18.7. The van der Waals surface area contributed by atoms with Gasteiger partial charge in [-0.15, -0.1) is 0 Å². The fraction of sp³-hybridized carbons (Fsp3) is 0. The van der Waals surface area contributed by atoms with Gasteiger partial charge in [-0.05, 0) is 90.5 Å². The van der Waals surface area contributed by atoms with Crippen LogP contribution in [0.2, 0.25) is 0 Å². The van der Waals surface area contributed by atoms with Gasteiger partial charge in [0, 0.05) is 13.4 Å². The summed E-state index contributed by atoms with van der Waals surface area (Å²) in [5, 5.41) is 13.8. The number of phenolic OH excluding ortho intramolecular Hbond substituents is 1. The van der Waals surface area contributed by atoms with Gasteiger partial charge in [-0.25, -0.2) is 15.0 Å². The Bertz CT molecular complexity index is 1570. The summed E-state index contributed by atoms with van der Waals surface area (Å²) in [6.07, 6.45) is 1.31. The maximum Gasteiger partial charge on any atom is 0.343 e. The molecule has 0 radical (unpaired) electrons. The molecular formula is C28H17Br3N2O6. The highest BCUT2D eigenvalue weighted by atomic mass is 79.9. The van der Waals surface area contributed by atoms with Crippen molar-refractivity contribution < 1.29 is 29.0 Å². The molecule has 196 valence electrons. The lowest BCUT2D eigenvalue weighted by Crippen LogP contribution is -2.17. The first kappa shape index (κ1) is 28.2. The number of halogens is 3. The minimum atomic E-state index is -0.670. The van der Waals surface area contributed by atoms with E-state index in [0.717, 1.165) is 8.95 Å². The van der Waals surface area contributed by atoms with E-state index in [1.165, 1.54) is 30.5 Å². The largest absolute Gasteiger partial charge is 0.507 e. The number of carbonyl (C=O) groups is 3. The van der Waals surface area contributed by atoms with Gasteiger partial charge in [0.05, 0.1) is 22.9 Å². The van der Waals surface area contributed by atoms with Crippen LogP contribution in [0.3, 0.4) is 0 Å². The number of phenols is 1. The quantitative estimate of drug-likeness (QED) is 0.0933. The van der Waals surface area contributed by atoms with Crippen LogP contribution in [0.25, 0.3) is 0 Å². The van der Waals surface area contributed by atoms with Gasteiger partial charge in [0.15, 0.2) is 11.5 Å². The van der Waals surface area contributed by atoms with Crippen molar-refractivity contribution in [2.45, 2.75) is 0 Å². The highest BCUT2D eigenvalue weighted by Gasteiger charge is 2.17. The number of nitrogens with zero attached hydrogens (tertiary/aromatic N) is 1. The second-order valence-electron chi connectivity index (χ2n) is 7.86. The molecule has 0 heterocycles. The van der Waals surface area contributed by atoms with E-state index in [1.54, 1.807) is 60.7 Å². The van der Waals surface area contributed by atoms with Crippen molar-refractivity contribution in [3.8, 4) is 17.2 Å². The molecule has 0 spiro atoms. The van der Waals surface area contributed by atoms with Crippen LogP contribution in [-0.4, -0.2) is 29.2 Å². The van der Waals surface area contributed by atoms with Gasteiger partial charge in [-0.3, -0.25) is 4.79 Å². The number of amides is 1. The molecular weight excluding hydrogens is 700 g/mol. The summed E-state index contributed by atoms with van der Waals surface area (Å²) in [5.74, 6) is -2.18. The molecule has 0 bridgehead atoms. The number of rotatable bonds is 7. The smallest absolute Gasteiger partial charge is 0.343 e. The van der Waals surface area contributed by atoms with Crippen LogP contribution in [0.1, 0.15) is 36.6 Å². The van der Waals surface area contributed by atoms with Crippen molar-refractivity contribution in [2.75, 3.05) is 0 Å². The van der Waals surface area contributed by atoms with Crippen molar-refractivity contribution >= 4 is 71.9 Å². The molecule has 0 atom stereocenters. The number of esters is 2. The minimum Gasteiger partial charge on any atom is -0.507 e. The number of hydrogen-bond donors (Lipinski definition) is 2.